The number of hydrogen-bond acceptors (Lipinski definition) is 3. The van der Waals surface area contributed by atoms with Gasteiger partial charge in [-0.25, -0.2) is 9.97 Å². The summed E-state index contributed by atoms with van der Waals surface area (Å²) < 4.78 is 0. The molecule has 0 fully saturated rings. The predicted molar refractivity (Wildman–Crippen MR) is 71.0 cm³/mol. The standard InChI is InChI=1S/C13H15N5/c1-7-13(18-12(6-14)15-7)9-3-4-10-11(5-9)17-8(2)16-10/h3-5H,6,14H2,1-2H3,(H,15,18)(H,16,17). The molecule has 0 aliphatic heterocycles. The average Bonchev–Trinajstić information content (AvgIpc) is 2.89. The van der Waals surface area contributed by atoms with Crippen LogP contribution in [0.5, 0.6) is 0 Å². The first-order chi connectivity index (χ1) is 8.67. The largest absolute Gasteiger partial charge is 0.344 e. The molecule has 0 radical (unpaired) electrons. The van der Waals surface area contributed by atoms with Gasteiger partial charge in [-0.15, -0.1) is 0 Å². The highest BCUT2D eigenvalue weighted by molar-refractivity contribution is 5.81. The third-order valence-corrected chi connectivity index (χ3v) is 3.00. The molecule has 18 heavy (non-hydrogen) atoms. The van der Waals surface area contributed by atoms with Crippen LogP contribution in [0.2, 0.25) is 0 Å². The SMILES string of the molecule is Cc1nc2ccc(-c3nc(CN)[nH]c3C)cc2[nH]1. The van der Waals surface area contributed by atoms with Gasteiger partial charge >= 0.3 is 0 Å². The molecule has 2 heterocycles. The molecule has 0 spiro atoms. The fourth-order valence-electron chi connectivity index (χ4n) is 2.18. The molecule has 5 heteroatoms. The first-order valence-electron chi connectivity index (χ1n) is 5.89. The summed E-state index contributed by atoms with van der Waals surface area (Å²) >= 11 is 0. The van der Waals surface area contributed by atoms with Crippen molar-refractivity contribution in [1.29, 1.82) is 0 Å². The van der Waals surface area contributed by atoms with Crippen LogP contribution < -0.4 is 5.73 Å². The summed E-state index contributed by atoms with van der Waals surface area (Å²) in [5, 5.41) is 0. The van der Waals surface area contributed by atoms with Crippen molar-refractivity contribution in [1.82, 2.24) is 19.9 Å². The Balaban J connectivity index is 2.15. The highest BCUT2D eigenvalue weighted by Crippen LogP contribution is 2.24. The second-order valence-electron chi connectivity index (χ2n) is 4.42. The molecule has 0 saturated heterocycles. The van der Waals surface area contributed by atoms with Crippen LogP contribution in [0.25, 0.3) is 22.3 Å². The van der Waals surface area contributed by atoms with Crippen LogP contribution in [0.1, 0.15) is 17.3 Å². The summed E-state index contributed by atoms with van der Waals surface area (Å²) in [4.78, 5) is 15.3. The molecule has 0 unspecified atom stereocenters. The summed E-state index contributed by atoms with van der Waals surface area (Å²) in [6, 6.07) is 6.11. The quantitative estimate of drug-likeness (QED) is 0.642. The molecular weight excluding hydrogens is 226 g/mol. The van der Waals surface area contributed by atoms with E-state index in [-0.39, 0.29) is 0 Å². The lowest BCUT2D eigenvalue weighted by Gasteiger charge is -1.98. The molecule has 0 atom stereocenters. The number of nitrogens with zero attached hydrogens (tertiary/aromatic N) is 2. The Morgan fingerprint density at radius 3 is 2.72 bits per heavy atom. The van der Waals surface area contributed by atoms with Crippen molar-refractivity contribution in [2.45, 2.75) is 20.4 Å². The van der Waals surface area contributed by atoms with E-state index in [1.54, 1.807) is 0 Å². The number of aromatic amines is 2. The van der Waals surface area contributed by atoms with Crippen molar-refractivity contribution < 1.29 is 0 Å². The zero-order valence-electron chi connectivity index (χ0n) is 10.4. The number of nitrogens with two attached hydrogens (primary N) is 1. The Morgan fingerprint density at radius 1 is 1.17 bits per heavy atom. The first-order valence-corrected chi connectivity index (χ1v) is 5.89. The van der Waals surface area contributed by atoms with Crippen molar-refractivity contribution in [3.8, 4) is 11.3 Å². The lowest BCUT2D eigenvalue weighted by atomic mass is 10.1. The van der Waals surface area contributed by atoms with E-state index in [9.17, 15) is 0 Å². The van der Waals surface area contributed by atoms with Gasteiger partial charge in [0.2, 0.25) is 0 Å². The molecule has 4 N–H and O–H groups in total. The van der Waals surface area contributed by atoms with Gasteiger partial charge in [0.05, 0.1) is 23.3 Å². The van der Waals surface area contributed by atoms with Gasteiger partial charge in [0.15, 0.2) is 0 Å². The Bertz CT molecular complexity index is 707. The minimum absolute atomic E-state index is 0.423. The Labute approximate surface area is 104 Å². The van der Waals surface area contributed by atoms with Crippen LogP contribution in [0, 0.1) is 13.8 Å². The maximum Gasteiger partial charge on any atom is 0.120 e. The molecule has 0 aliphatic carbocycles. The Hall–Kier alpha value is -2.14. The molecular formula is C13H15N5. The number of nitrogens with one attached hydrogen (secondary N) is 2. The van der Waals surface area contributed by atoms with Crippen molar-refractivity contribution in [2.75, 3.05) is 0 Å². The Morgan fingerprint density at radius 2 is 2.00 bits per heavy atom. The molecule has 0 saturated carbocycles. The molecule has 2 aromatic heterocycles. The molecule has 3 aromatic rings. The minimum Gasteiger partial charge on any atom is -0.344 e. The molecule has 3 rings (SSSR count). The van der Waals surface area contributed by atoms with Crippen LogP contribution in [0.4, 0.5) is 0 Å². The third kappa shape index (κ3) is 1.69. The van der Waals surface area contributed by atoms with E-state index in [0.717, 1.165) is 39.6 Å². The zero-order valence-corrected chi connectivity index (χ0v) is 10.4. The summed E-state index contributed by atoms with van der Waals surface area (Å²) in [6.07, 6.45) is 0. The van der Waals surface area contributed by atoms with Gasteiger partial charge in [0.25, 0.3) is 0 Å². The number of imidazole rings is 2. The maximum atomic E-state index is 5.59. The number of fused-ring (bicyclic) bond motifs is 1. The second-order valence-corrected chi connectivity index (χ2v) is 4.42. The fraction of sp³-hybridized carbons (Fsp3) is 0.231. The summed E-state index contributed by atoms with van der Waals surface area (Å²) in [6.45, 7) is 4.38. The van der Waals surface area contributed by atoms with Crippen LogP contribution in [0.3, 0.4) is 0 Å². The van der Waals surface area contributed by atoms with Crippen LogP contribution >= 0.6 is 0 Å². The normalized spacial score (nSPS) is 11.3. The Kier molecular flexibility index (Phi) is 2.41. The minimum atomic E-state index is 0.423. The van der Waals surface area contributed by atoms with Crippen LogP contribution in [-0.4, -0.2) is 19.9 Å². The molecule has 92 valence electrons. The summed E-state index contributed by atoms with van der Waals surface area (Å²) in [7, 11) is 0. The number of H-pyrrole nitrogens is 2. The van der Waals surface area contributed by atoms with Gasteiger partial charge in [-0.3, -0.25) is 0 Å². The average molecular weight is 241 g/mol. The number of aryl methyl sites for hydroxylation is 2. The van der Waals surface area contributed by atoms with Crippen molar-refractivity contribution in [3.63, 3.8) is 0 Å². The number of rotatable bonds is 2. The van der Waals surface area contributed by atoms with Gasteiger partial charge in [-0.05, 0) is 26.0 Å². The molecule has 1 aromatic carbocycles. The maximum absolute atomic E-state index is 5.59. The van der Waals surface area contributed by atoms with E-state index in [0.29, 0.717) is 6.54 Å². The molecule has 0 amide bonds. The lowest BCUT2D eigenvalue weighted by molar-refractivity contribution is 0.944. The van der Waals surface area contributed by atoms with Crippen molar-refractivity contribution in [2.24, 2.45) is 5.73 Å². The van der Waals surface area contributed by atoms with Gasteiger partial charge in [-0.2, -0.15) is 0 Å². The van der Waals surface area contributed by atoms with E-state index >= 15 is 0 Å². The lowest BCUT2D eigenvalue weighted by Crippen LogP contribution is -1.97. The first kappa shape index (κ1) is 11.0. The number of hydrogen-bond donors (Lipinski definition) is 3. The smallest absolute Gasteiger partial charge is 0.120 e. The highest BCUT2D eigenvalue weighted by atomic mass is 15.0. The fourth-order valence-corrected chi connectivity index (χ4v) is 2.18. The van der Waals surface area contributed by atoms with Crippen molar-refractivity contribution in [3.05, 3.63) is 35.5 Å². The van der Waals surface area contributed by atoms with Gasteiger partial charge in [0.1, 0.15) is 11.6 Å². The van der Waals surface area contributed by atoms with Gasteiger partial charge in [-0.1, -0.05) is 6.07 Å². The number of aromatic nitrogens is 4. The van der Waals surface area contributed by atoms with E-state index < -0.39 is 0 Å². The molecule has 0 aliphatic rings. The van der Waals surface area contributed by atoms with Crippen molar-refractivity contribution >= 4 is 11.0 Å². The second kappa shape index (κ2) is 3.96. The van der Waals surface area contributed by atoms with Gasteiger partial charge in [0, 0.05) is 11.3 Å². The highest BCUT2D eigenvalue weighted by Gasteiger charge is 2.09. The van der Waals surface area contributed by atoms with Crippen LogP contribution in [0.15, 0.2) is 18.2 Å². The summed E-state index contributed by atoms with van der Waals surface area (Å²) in [5.74, 6) is 1.73. The molecule has 5 nitrogen and oxygen atoms in total. The zero-order chi connectivity index (χ0) is 12.7. The van der Waals surface area contributed by atoms with E-state index in [1.807, 2.05) is 26.0 Å². The van der Waals surface area contributed by atoms with Gasteiger partial charge < -0.3 is 15.7 Å². The topological polar surface area (TPSA) is 83.4 Å². The number of benzene rings is 1. The van der Waals surface area contributed by atoms with E-state index in [1.165, 1.54) is 0 Å². The summed E-state index contributed by atoms with van der Waals surface area (Å²) in [5.41, 5.74) is 10.7. The third-order valence-electron chi connectivity index (χ3n) is 3.00. The monoisotopic (exact) mass is 241 g/mol. The van der Waals surface area contributed by atoms with E-state index in [4.69, 9.17) is 5.73 Å². The van der Waals surface area contributed by atoms with E-state index in [2.05, 4.69) is 26.0 Å². The predicted octanol–water partition coefficient (Wildman–Crippen LogP) is 2.03. The van der Waals surface area contributed by atoms with Crippen LogP contribution in [-0.2, 0) is 6.54 Å². The molecule has 0 bridgehead atoms.